The molecule has 2 atom stereocenters. The van der Waals surface area contributed by atoms with Crippen LogP contribution >= 0.6 is 0 Å². The highest BCUT2D eigenvalue weighted by Crippen LogP contribution is 2.21. The van der Waals surface area contributed by atoms with E-state index in [0.717, 1.165) is 31.2 Å². The zero-order valence-electron chi connectivity index (χ0n) is 10.2. The topological polar surface area (TPSA) is 78.4 Å². The van der Waals surface area contributed by atoms with Gasteiger partial charge in [0.05, 0.1) is 17.6 Å². The largest absolute Gasteiger partial charge is 0.373 e. The lowest BCUT2D eigenvalue weighted by molar-refractivity contribution is -0.384. The van der Waals surface area contributed by atoms with Crippen molar-refractivity contribution in [2.24, 2.45) is 5.73 Å². The number of nitrogens with two attached hydrogens (primary N) is 1. The molecular formula is C13H18N2O3. The first-order chi connectivity index (χ1) is 8.65. The minimum absolute atomic E-state index is 0.110. The summed E-state index contributed by atoms with van der Waals surface area (Å²) in [5, 5.41) is 10.5. The second-order valence-corrected chi connectivity index (χ2v) is 4.78. The van der Waals surface area contributed by atoms with Gasteiger partial charge >= 0.3 is 0 Å². The molecule has 0 spiro atoms. The molecule has 1 aliphatic carbocycles. The zero-order valence-corrected chi connectivity index (χ0v) is 10.2. The van der Waals surface area contributed by atoms with Crippen molar-refractivity contribution in [1.82, 2.24) is 0 Å². The number of ether oxygens (including phenoxy) is 1. The van der Waals surface area contributed by atoms with E-state index >= 15 is 0 Å². The summed E-state index contributed by atoms with van der Waals surface area (Å²) in [6.07, 6.45) is 4.39. The highest BCUT2D eigenvalue weighted by Gasteiger charge is 2.19. The van der Waals surface area contributed by atoms with E-state index in [-0.39, 0.29) is 17.8 Å². The maximum Gasteiger partial charge on any atom is 0.269 e. The fourth-order valence-electron chi connectivity index (χ4n) is 2.26. The van der Waals surface area contributed by atoms with Gasteiger partial charge in [-0.15, -0.1) is 0 Å². The summed E-state index contributed by atoms with van der Waals surface area (Å²) >= 11 is 0. The van der Waals surface area contributed by atoms with Crippen LogP contribution in [0.5, 0.6) is 0 Å². The van der Waals surface area contributed by atoms with Crippen molar-refractivity contribution in [3.8, 4) is 0 Å². The van der Waals surface area contributed by atoms with Gasteiger partial charge in [-0.05, 0) is 43.4 Å². The lowest BCUT2D eigenvalue weighted by Gasteiger charge is -2.26. The number of hydrogen-bond donors (Lipinski definition) is 1. The summed E-state index contributed by atoms with van der Waals surface area (Å²) in [4.78, 5) is 10.1. The molecule has 5 nitrogen and oxygen atoms in total. The summed E-state index contributed by atoms with van der Waals surface area (Å²) < 4.78 is 5.79. The van der Waals surface area contributed by atoms with E-state index in [9.17, 15) is 10.1 Å². The lowest BCUT2D eigenvalue weighted by atomic mass is 9.93. The van der Waals surface area contributed by atoms with Crippen molar-refractivity contribution >= 4 is 5.69 Å². The summed E-state index contributed by atoms with van der Waals surface area (Å²) in [7, 11) is 0. The number of nitrogens with zero attached hydrogens (tertiary/aromatic N) is 1. The Hall–Kier alpha value is -1.46. The normalized spacial score (nSPS) is 23.8. The Bertz CT molecular complexity index is 405. The maximum absolute atomic E-state index is 10.5. The van der Waals surface area contributed by atoms with Gasteiger partial charge in [0.2, 0.25) is 0 Å². The van der Waals surface area contributed by atoms with Crippen LogP contribution in [0.3, 0.4) is 0 Å². The summed E-state index contributed by atoms with van der Waals surface area (Å²) in [5.74, 6) is 0. The minimum Gasteiger partial charge on any atom is -0.373 e. The van der Waals surface area contributed by atoms with Crippen molar-refractivity contribution in [2.75, 3.05) is 0 Å². The fraction of sp³-hybridized carbons (Fsp3) is 0.538. The summed E-state index contributed by atoms with van der Waals surface area (Å²) in [5.41, 5.74) is 6.96. The van der Waals surface area contributed by atoms with E-state index in [0.29, 0.717) is 6.61 Å². The monoisotopic (exact) mass is 250 g/mol. The molecule has 0 aromatic heterocycles. The molecule has 0 radical (unpaired) electrons. The molecule has 1 aromatic carbocycles. The molecule has 1 aromatic rings. The van der Waals surface area contributed by atoms with Crippen LogP contribution in [0.25, 0.3) is 0 Å². The van der Waals surface area contributed by atoms with Crippen LogP contribution in [0.4, 0.5) is 5.69 Å². The first-order valence-corrected chi connectivity index (χ1v) is 6.25. The maximum atomic E-state index is 10.5. The van der Waals surface area contributed by atoms with E-state index in [4.69, 9.17) is 10.5 Å². The van der Waals surface area contributed by atoms with Gasteiger partial charge in [-0.3, -0.25) is 10.1 Å². The zero-order chi connectivity index (χ0) is 13.0. The first-order valence-electron chi connectivity index (χ1n) is 6.25. The highest BCUT2D eigenvalue weighted by atomic mass is 16.6. The molecule has 98 valence electrons. The van der Waals surface area contributed by atoms with Crippen LogP contribution in [0, 0.1) is 10.1 Å². The van der Waals surface area contributed by atoms with E-state index in [2.05, 4.69) is 0 Å². The molecule has 0 saturated heterocycles. The third-order valence-electron chi connectivity index (χ3n) is 3.30. The van der Waals surface area contributed by atoms with Gasteiger partial charge in [-0.1, -0.05) is 0 Å². The molecule has 2 N–H and O–H groups in total. The Morgan fingerprint density at radius 2 is 2.06 bits per heavy atom. The average Bonchev–Trinajstić information content (AvgIpc) is 2.37. The molecule has 5 heteroatoms. The van der Waals surface area contributed by atoms with Gasteiger partial charge in [0, 0.05) is 18.2 Å². The SMILES string of the molecule is NC1CCCC(OCc2ccc([N+](=O)[O-])cc2)C1. The molecule has 0 aliphatic heterocycles. The fourth-order valence-corrected chi connectivity index (χ4v) is 2.26. The number of hydrogen-bond acceptors (Lipinski definition) is 4. The van der Waals surface area contributed by atoms with Crippen molar-refractivity contribution in [2.45, 2.75) is 44.4 Å². The molecule has 0 bridgehead atoms. The number of nitro groups is 1. The van der Waals surface area contributed by atoms with Gasteiger partial charge in [0.1, 0.15) is 0 Å². The standard InChI is InChI=1S/C13H18N2O3/c14-11-2-1-3-13(8-11)18-9-10-4-6-12(7-5-10)15(16)17/h4-7,11,13H,1-3,8-9,14H2. The quantitative estimate of drug-likeness (QED) is 0.657. The number of rotatable bonds is 4. The van der Waals surface area contributed by atoms with Crippen molar-refractivity contribution < 1.29 is 9.66 Å². The molecule has 0 heterocycles. The smallest absolute Gasteiger partial charge is 0.269 e. The second kappa shape index (κ2) is 5.93. The predicted octanol–water partition coefficient (Wildman–Crippen LogP) is 2.38. The Morgan fingerprint density at radius 1 is 1.33 bits per heavy atom. The first kappa shape index (κ1) is 13.0. The molecule has 0 amide bonds. The highest BCUT2D eigenvalue weighted by molar-refractivity contribution is 5.32. The Kier molecular flexibility index (Phi) is 4.28. The van der Waals surface area contributed by atoms with Gasteiger partial charge in [-0.25, -0.2) is 0 Å². The lowest BCUT2D eigenvalue weighted by Crippen LogP contribution is -2.32. The van der Waals surface area contributed by atoms with Gasteiger partial charge in [0.15, 0.2) is 0 Å². The van der Waals surface area contributed by atoms with Crippen LogP contribution < -0.4 is 5.73 Å². The average molecular weight is 250 g/mol. The Morgan fingerprint density at radius 3 is 2.67 bits per heavy atom. The molecular weight excluding hydrogens is 232 g/mol. The van der Waals surface area contributed by atoms with E-state index < -0.39 is 4.92 Å². The van der Waals surface area contributed by atoms with E-state index in [1.54, 1.807) is 12.1 Å². The minimum atomic E-state index is -0.398. The molecule has 1 saturated carbocycles. The number of non-ortho nitro benzene ring substituents is 1. The molecule has 1 fully saturated rings. The third kappa shape index (κ3) is 3.51. The van der Waals surface area contributed by atoms with Gasteiger partial charge < -0.3 is 10.5 Å². The second-order valence-electron chi connectivity index (χ2n) is 4.78. The van der Waals surface area contributed by atoms with Gasteiger partial charge in [-0.2, -0.15) is 0 Å². The molecule has 18 heavy (non-hydrogen) atoms. The van der Waals surface area contributed by atoms with Crippen LogP contribution in [-0.2, 0) is 11.3 Å². The third-order valence-corrected chi connectivity index (χ3v) is 3.30. The Balaban J connectivity index is 1.84. The van der Waals surface area contributed by atoms with Crippen molar-refractivity contribution in [3.63, 3.8) is 0 Å². The molecule has 2 rings (SSSR count). The van der Waals surface area contributed by atoms with Crippen LogP contribution in [0.1, 0.15) is 31.2 Å². The Labute approximate surface area is 106 Å². The number of benzene rings is 1. The predicted molar refractivity (Wildman–Crippen MR) is 68.1 cm³/mol. The van der Waals surface area contributed by atoms with Crippen molar-refractivity contribution in [1.29, 1.82) is 0 Å². The van der Waals surface area contributed by atoms with Crippen LogP contribution in [-0.4, -0.2) is 17.1 Å². The van der Waals surface area contributed by atoms with Gasteiger partial charge in [0.25, 0.3) is 5.69 Å². The van der Waals surface area contributed by atoms with E-state index in [1.807, 2.05) is 0 Å². The molecule has 2 unspecified atom stereocenters. The number of nitro benzene ring substituents is 1. The van der Waals surface area contributed by atoms with Crippen LogP contribution in [0.15, 0.2) is 24.3 Å². The summed E-state index contributed by atoms with van der Waals surface area (Å²) in [6, 6.07) is 6.74. The van der Waals surface area contributed by atoms with E-state index in [1.165, 1.54) is 12.1 Å². The molecule has 1 aliphatic rings. The summed E-state index contributed by atoms with van der Waals surface area (Å²) in [6.45, 7) is 0.495. The van der Waals surface area contributed by atoms with Crippen molar-refractivity contribution in [3.05, 3.63) is 39.9 Å². The van der Waals surface area contributed by atoms with Crippen LogP contribution in [0.2, 0.25) is 0 Å².